The SMILES string of the molecule is CN=C(NCCC1CC1)NCC(C)c1cccc(C)c1.I. The summed E-state index contributed by atoms with van der Waals surface area (Å²) in [4.78, 5) is 4.28. The Morgan fingerprint density at radius 2 is 2.10 bits per heavy atom. The van der Waals surface area contributed by atoms with Crippen molar-refractivity contribution < 1.29 is 0 Å². The third-order valence-electron chi connectivity index (χ3n) is 3.95. The van der Waals surface area contributed by atoms with Gasteiger partial charge in [0.05, 0.1) is 0 Å². The van der Waals surface area contributed by atoms with Gasteiger partial charge < -0.3 is 10.6 Å². The van der Waals surface area contributed by atoms with Crippen molar-refractivity contribution in [1.82, 2.24) is 10.6 Å². The Kier molecular flexibility index (Phi) is 8.07. The number of hydrogen-bond donors (Lipinski definition) is 2. The molecule has 0 amide bonds. The van der Waals surface area contributed by atoms with E-state index >= 15 is 0 Å². The van der Waals surface area contributed by atoms with Crippen LogP contribution in [-0.4, -0.2) is 26.1 Å². The third kappa shape index (κ3) is 6.68. The molecule has 3 nitrogen and oxygen atoms in total. The number of halogens is 1. The van der Waals surface area contributed by atoms with Gasteiger partial charge in [0.25, 0.3) is 0 Å². The van der Waals surface area contributed by atoms with E-state index in [0.717, 1.165) is 25.0 Å². The van der Waals surface area contributed by atoms with Crippen LogP contribution in [0.1, 0.15) is 43.2 Å². The monoisotopic (exact) mass is 401 g/mol. The Hall–Kier alpha value is -0.780. The normalized spacial score (nSPS) is 16.0. The van der Waals surface area contributed by atoms with Gasteiger partial charge in [-0.3, -0.25) is 4.99 Å². The minimum Gasteiger partial charge on any atom is -0.356 e. The zero-order chi connectivity index (χ0) is 14.4. The van der Waals surface area contributed by atoms with Gasteiger partial charge in [0.15, 0.2) is 5.96 Å². The second kappa shape index (κ2) is 9.28. The highest BCUT2D eigenvalue weighted by molar-refractivity contribution is 14.0. The summed E-state index contributed by atoms with van der Waals surface area (Å²) in [6.45, 7) is 6.33. The minimum absolute atomic E-state index is 0. The molecule has 4 heteroatoms. The number of benzene rings is 1. The van der Waals surface area contributed by atoms with E-state index in [1.54, 1.807) is 0 Å². The van der Waals surface area contributed by atoms with Crippen LogP contribution >= 0.6 is 24.0 Å². The number of nitrogens with one attached hydrogen (secondary N) is 2. The van der Waals surface area contributed by atoms with Gasteiger partial charge in [-0.1, -0.05) is 49.6 Å². The van der Waals surface area contributed by atoms with Gasteiger partial charge in [0.1, 0.15) is 0 Å². The summed E-state index contributed by atoms with van der Waals surface area (Å²) >= 11 is 0. The lowest BCUT2D eigenvalue weighted by Gasteiger charge is -2.16. The Labute approximate surface area is 146 Å². The summed E-state index contributed by atoms with van der Waals surface area (Å²) in [5.74, 6) is 2.37. The van der Waals surface area contributed by atoms with E-state index in [1.165, 1.54) is 30.4 Å². The maximum absolute atomic E-state index is 4.28. The van der Waals surface area contributed by atoms with Gasteiger partial charge in [-0.2, -0.15) is 0 Å². The van der Waals surface area contributed by atoms with Crippen LogP contribution in [0.15, 0.2) is 29.3 Å². The Bertz CT molecular complexity index is 455. The molecule has 118 valence electrons. The summed E-state index contributed by atoms with van der Waals surface area (Å²) in [5, 5.41) is 6.82. The zero-order valence-corrected chi connectivity index (χ0v) is 15.7. The lowest BCUT2D eigenvalue weighted by Crippen LogP contribution is -2.39. The highest BCUT2D eigenvalue weighted by atomic mass is 127. The van der Waals surface area contributed by atoms with Gasteiger partial charge in [-0.25, -0.2) is 0 Å². The van der Waals surface area contributed by atoms with Crippen molar-refractivity contribution in [2.75, 3.05) is 20.1 Å². The van der Waals surface area contributed by atoms with Crippen molar-refractivity contribution >= 4 is 29.9 Å². The largest absolute Gasteiger partial charge is 0.356 e. The molecular formula is C17H28IN3. The molecule has 0 saturated heterocycles. The fraction of sp³-hybridized carbons (Fsp3) is 0.588. The molecule has 1 saturated carbocycles. The molecule has 1 unspecified atom stereocenters. The van der Waals surface area contributed by atoms with Gasteiger partial charge in [-0.05, 0) is 30.7 Å². The van der Waals surface area contributed by atoms with Crippen LogP contribution in [0.25, 0.3) is 0 Å². The van der Waals surface area contributed by atoms with Gasteiger partial charge >= 0.3 is 0 Å². The summed E-state index contributed by atoms with van der Waals surface area (Å²) in [7, 11) is 1.84. The average molecular weight is 401 g/mol. The Balaban J connectivity index is 0.00000220. The molecule has 0 heterocycles. The van der Waals surface area contributed by atoms with Crippen LogP contribution < -0.4 is 10.6 Å². The third-order valence-corrected chi connectivity index (χ3v) is 3.95. The smallest absolute Gasteiger partial charge is 0.190 e. The summed E-state index contributed by atoms with van der Waals surface area (Å²) in [5.41, 5.74) is 2.70. The first-order chi connectivity index (χ1) is 9.69. The van der Waals surface area contributed by atoms with Crippen molar-refractivity contribution in [2.45, 2.75) is 39.0 Å². The summed E-state index contributed by atoms with van der Waals surface area (Å²) in [6.07, 6.45) is 4.10. The van der Waals surface area contributed by atoms with E-state index in [2.05, 4.69) is 53.7 Å². The van der Waals surface area contributed by atoms with E-state index in [4.69, 9.17) is 0 Å². The second-order valence-electron chi connectivity index (χ2n) is 5.93. The summed E-state index contributed by atoms with van der Waals surface area (Å²) in [6, 6.07) is 8.73. The first-order valence-corrected chi connectivity index (χ1v) is 7.70. The van der Waals surface area contributed by atoms with E-state index in [0.29, 0.717) is 5.92 Å². The topological polar surface area (TPSA) is 36.4 Å². The first kappa shape index (κ1) is 18.3. The molecule has 1 aliphatic rings. The molecule has 1 aromatic rings. The molecule has 2 rings (SSSR count). The highest BCUT2D eigenvalue weighted by Gasteiger charge is 2.20. The molecule has 1 aromatic carbocycles. The van der Waals surface area contributed by atoms with E-state index in [1.807, 2.05) is 7.05 Å². The van der Waals surface area contributed by atoms with Crippen molar-refractivity contribution in [2.24, 2.45) is 10.9 Å². The number of nitrogens with zero attached hydrogens (tertiary/aromatic N) is 1. The Morgan fingerprint density at radius 1 is 1.33 bits per heavy atom. The zero-order valence-electron chi connectivity index (χ0n) is 13.4. The predicted octanol–water partition coefficient (Wildman–Crippen LogP) is 3.68. The molecule has 1 fully saturated rings. The maximum atomic E-state index is 4.28. The van der Waals surface area contributed by atoms with Crippen molar-refractivity contribution in [3.8, 4) is 0 Å². The number of aryl methyl sites for hydroxylation is 1. The first-order valence-electron chi connectivity index (χ1n) is 7.70. The highest BCUT2D eigenvalue weighted by Crippen LogP contribution is 2.31. The quantitative estimate of drug-likeness (QED) is 0.434. The van der Waals surface area contributed by atoms with E-state index < -0.39 is 0 Å². The molecular weight excluding hydrogens is 373 g/mol. The van der Waals surface area contributed by atoms with Crippen LogP contribution in [0.5, 0.6) is 0 Å². The minimum atomic E-state index is 0. The molecule has 1 aliphatic carbocycles. The van der Waals surface area contributed by atoms with Gasteiger partial charge in [0.2, 0.25) is 0 Å². The number of guanidine groups is 1. The number of aliphatic imine (C=N–C) groups is 1. The number of hydrogen-bond acceptors (Lipinski definition) is 1. The van der Waals surface area contributed by atoms with E-state index in [9.17, 15) is 0 Å². The molecule has 0 radical (unpaired) electrons. The molecule has 2 N–H and O–H groups in total. The Morgan fingerprint density at radius 3 is 2.71 bits per heavy atom. The van der Waals surface area contributed by atoms with Crippen LogP contribution in [0, 0.1) is 12.8 Å². The summed E-state index contributed by atoms with van der Waals surface area (Å²) < 4.78 is 0. The molecule has 21 heavy (non-hydrogen) atoms. The lowest BCUT2D eigenvalue weighted by molar-refractivity contribution is 0.665. The van der Waals surface area contributed by atoms with Crippen LogP contribution in [0.3, 0.4) is 0 Å². The molecule has 1 atom stereocenters. The molecule has 0 aliphatic heterocycles. The van der Waals surface area contributed by atoms with Crippen molar-refractivity contribution in [3.63, 3.8) is 0 Å². The molecule has 0 bridgehead atoms. The second-order valence-corrected chi connectivity index (χ2v) is 5.93. The van der Waals surface area contributed by atoms with Crippen LogP contribution in [0.2, 0.25) is 0 Å². The molecule has 0 aromatic heterocycles. The predicted molar refractivity (Wildman–Crippen MR) is 102 cm³/mol. The average Bonchev–Trinajstić information content (AvgIpc) is 3.26. The number of rotatable bonds is 6. The fourth-order valence-corrected chi connectivity index (χ4v) is 2.37. The fourth-order valence-electron chi connectivity index (χ4n) is 2.37. The van der Waals surface area contributed by atoms with E-state index in [-0.39, 0.29) is 24.0 Å². The van der Waals surface area contributed by atoms with Gasteiger partial charge in [-0.15, -0.1) is 24.0 Å². The molecule has 0 spiro atoms. The van der Waals surface area contributed by atoms with Crippen LogP contribution in [-0.2, 0) is 0 Å². The maximum Gasteiger partial charge on any atom is 0.190 e. The standard InChI is InChI=1S/C17H27N3.HI/c1-13-5-4-6-16(11-13)14(2)12-20-17(18-3)19-10-9-15-7-8-15;/h4-6,11,14-15H,7-10,12H2,1-3H3,(H2,18,19,20);1H. The van der Waals surface area contributed by atoms with Gasteiger partial charge in [0, 0.05) is 20.1 Å². The lowest BCUT2D eigenvalue weighted by atomic mass is 9.99. The van der Waals surface area contributed by atoms with Crippen molar-refractivity contribution in [3.05, 3.63) is 35.4 Å². The van der Waals surface area contributed by atoms with Crippen molar-refractivity contribution in [1.29, 1.82) is 0 Å². The van der Waals surface area contributed by atoms with Crippen LogP contribution in [0.4, 0.5) is 0 Å².